The second-order valence-corrected chi connectivity index (χ2v) is 6.34. The van der Waals surface area contributed by atoms with Gasteiger partial charge in [0, 0.05) is 12.6 Å². The zero-order valence-corrected chi connectivity index (χ0v) is 14.2. The van der Waals surface area contributed by atoms with Crippen LogP contribution in [0.15, 0.2) is 46.6 Å². The number of benzene rings is 1. The van der Waals surface area contributed by atoms with Crippen LogP contribution in [0.3, 0.4) is 0 Å². The van der Waals surface area contributed by atoms with Crippen molar-refractivity contribution in [2.45, 2.75) is 10.2 Å². The molecule has 8 heteroatoms. The lowest BCUT2D eigenvalue weighted by atomic mass is 10.2. The number of nitrogens with zero attached hydrogens (tertiary/aromatic N) is 5. The van der Waals surface area contributed by atoms with E-state index in [-0.39, 0.29) is 5.69 Å². The molecule has 0 aliphatic carbocycles. The molecule has 5 nitrogen and oxygen atoms in total. The molecule has 0 amide bonds. The highest BCUT2D eigenvalue weighted by molar-refractivity contribution is 7.99. The molecular formula is C15H9Cl2N5S. The number of hydrogen-bond donors (Lipinski definition) is 0. The molecule has 114 valence electrons. The van der Waals surface area contributed by atoms with Crippen molar-refractivity contribution in [1.82, 2.24) is 19.7 Å². The van der Waals surface area contributed by atoms with Crippen LogP contribution in [0.5, 0.6) is 0 Å². The minimum absolute atomic E-state index is 0.185. The molecule has 0 N–H and O–H groups in total. The molecule has 0 saturated heterocycles. The number of rotatable bonds is 3. The second-order valence-electron chi connectivity index (χ2n) is 4.54. The second kappa shape index (κ2) is 6.59. The molecule has 0 atom stereocenters. The van der Waals surface area contributed by atoms with Crippen molar-refractivity contribution in [3.05, 3.63) is 52.1 Å². The van der Waals surface area contributed by atoms with Crippen LogP contribution in [0.4, 0.5) is 0 Å². The van der Waals surface area contributed by atoms with Gasteiger partial charge in [-0.25, -0.2) is 4.98 Å². The summed E-state index contributed by atoms with van der Waals surface area (Å²) in [7, 11) is 1.85. The number of halogens is 2. The van der Waals surface area contributed by atoms with E-state index in [0.717, 1.165) is 5.56 Å². The first-order valence-corrected chi connectivity index (χ1v) is 8.06. The summed E-state index contributed by atoms with van der Waals surface area (Å²) in [6.07, 6.45) is 0. The van der Waals surface area contributed by atoms with Crippen LogP contribution < -0.4 is 0 Å². The van der Waals surface area contributed by atoms with Crippen molar-refractivity contribution >= 4 is 35.0 Å². The molecule has 0 fully saturated rings. The van der Waals surface area contributed by atoms with Crippen molar-refractivity contribution in [1.29, 1.82) is 5.26 Å². The predicted molar refractivity (Wildman–Crippen MR) is 89.5 cm³/mol. The van der Waals surface area contributed by atoms with E-state index in [4.69, 9.17) is 28.5 Å². The first kappa shape index (κ1) is 15.8. The van der Waals surface area contributed by atoms with Crippen LogP contribution >= 0.6 is 35.0 Å². The Balaban J connectivity index is 1.95. The van der Waals surface area contributed by atoms with E-state index in [0.29, 0.717) is 26.1 Å². The van der Waals surface area contributed by atoms with Gasteiger partial charge in [0.25, 0.3) is 0 Å². The Morgan fingerprint density at radius 2 is 1.87 bits per heavy atom. The van der Waals surface area contributed by atoms with E-state index >= 15 is 0 Å². The molecule has 2 aromatic heterocycles. The SMILES string of the molecule is Cn1c(Sc2ccc(Cl)c(C#N)n2)nnc1-c1ccccc1Cl. The lowest BCUT2D eigenvalue weighted by Gasteiger charge is -2.05. The number of pyridine rings is 1. The predicted octanol–water partition coefficient (Wildman–Crippen LogP) is 4.21. The maximum absolute atomic E-state index is 8.99. The highest BCUT2D eigenvalue weighted by atomic mass is 35.5. The maximum Gasteiger partial charge on any atom is 0.197 e. The molecule has 0 radical (unpaired) electrons. The van der Waals surface area contributed by atoms with Crippen molar-refractivity contribution in [3.8, 4) is 17.5 Å². The zero-order chi connectivity index (χ0) is 16.4. The summed E-state index contributed by atoms with van der Waals surface area (Å²) in [5, 5.41) is 19.5. The quantitative estimate of drug-likeness (QED) is 0.698. The Bertz CT molecular complexity index is 916. The van der Waals surface area contributed by atoms with E-state index in [9.17, 15) is 0 Å². The topological polar surface area (TPSA) is 67.4 Å². The summed E-state index contributed by atoms with van der Waals surface area (Å²) in [6.45, 7) is 0. The van der Waals surface area contributed by atoms with Crippen LogP contribution in [0.1, 0.15) is 5.69 Å². The average Bonchev–Trinajstić information content (AvgIpc) is 2.90. The maximum atomic E-state index is 8.99. The normalized spacial score (nSPS) is 10.5. The van der Waals surface area contributed by atoms with Gasteiger partial charge >= 0.3 is 0 Å². The van der Waals surface area contributed by atoms with E-state index in [1.54, 1.807) is 18.2 Å². The molecule has 0 bridgehead atoms. The summed E-state index contributed by atoms with van der Waals surface area (Å²) in [5.74, 6) is 0.660. The monoisotopic (exact) mass is 361 g/mol. The molecular weight excluding hydrogens is 353 g/mol. The smallest absolute Gasteiger partial charge is 0.197 e. The third-order valence-corrected chi connectivity index (χ3v) is 4.68. The fourth-order valence-corrected chi connectivity index (χ4v) is 3.07. The molecule has 0 aliphatic rings. The van der Waals surface area contributed by atoms with Crippen LogP contribution in [0, 0.1) is 11.3 Å². The third-order valence-electron chi connectivity index (χ3n) is 3.07. The average molecular weight is 362 g/mol. The molecule has 0 spiro atoms. The Morgan fingerprint density at radius 1 is 1.09 bits per heavy atom. The molecule has 0 unspecified atom stereocenters. The number of hydrogen-bond acceptors (Lipinski definition) is 5. The molecule has 1 aromatic carbocycles. The Hall–Kier alpha value is -2.07. The summed E-state index contributed by atoms with van der Waals surface area (Å²) < 4.78 is 1.83. The number of nitriles is 1. The lowest BCUT2D eigenvalue weighted by Crippen LogP contribution is -1.96. The minimum atomic E-state index is 0.185. The first-order valence-electron chi connectivity index (χ1n) is 6.49. The van der Waals surface area contributed by atoms with Crippen LogP contribution in [-0.4, -0.2) is 19.7 Å². The Kier molecular flexibility index (Phi) is 4.53. The van der Waals surface area contributed by atoms with Gasteiger partial charge < -0.3 is 4.57 Å². The van der Waals surface area contributed by atoms with Gasteiger partial charge in [-0.05, 0) is 36.0 Å². The van der Waals surface area contributed by atoms with E-state index in [2.05, 4.69) is 15.2 Å². The fourth-order valence-electron chi connectivity index (χ4n) is 1.93. The zero-order valence-electron chi connectivity index (χ0n) is 11.9. The van der Waals surface area contributed by atoms with Gasteiger partial charge in [-0.15, -0.1) is 10.2 Å². The van der Waals surface area contributed by atoms with Gasteiger partial charge in [0.1, 0.15) is 11.1 Å². The highest BCUT2D eigenvalue weighted by Crippen LogP contribution is 2.31. The van der Waals surface area contributed by atoms with Gasteiger partial charge in [0.05, 0.1) is 10.0 Å². The Morgan fingerprint density at radius 3 is 2.61 bits per heavy atom. The van der Waals surface area contributed by atoms with Crippen molar-refractivity contribution in [2.24, 2.45) is 7.05 Å². The molecule has 2 heterocycles. The molecule has 23 heavy (non-hydrogen) atoms. The van der Waals surface area contributed by atoms with E-state index in [1.807, 2.05) is 35.9 Å². The van der Waals surface area contributed by atoms with Crippen molar-refractivity contribution in [3.63, 3.8) is 0 Å². The highest BCUT2D eigenvalue weighted by Gasteiger charge is 2.15. The van der Waals surface area contributed by atoms with Crippen molar-refractivity contribution in [2.75, 3.05) is 0 Å². The number of aromatic nitrogens is 4. The van der Waals surface area contributed by atoms with Crippen molar-refractivity contribution < 1.29 is 0 Å². The first-order chi connectivity index (χ1) is 11.1. The van der Waals surface area contributed by atoms with Crippen LogP contribution in [0.25, 0.3) is 11.4 Å². The Labute approximate surface area is 146 Å². The van der Waals surface area contributed by atoms with Crippen LogP contribution in [-0.2, 0) is 7.05 Å². The van der Waals surface area contributed by atoms with E-state index in [1.165, 1.54) is 11.8 Å². The van der Waals surface area contributed by atoms with Gasteiger partial charge in [0.2, 0.25) is 0 Å². The van der Waals surface area contributed by atoms with E-state index < -0.39 is 0 Å². The van der Waals surface area contributed by atoms with Gasteiger partial charge in [-0.3, -0.25) is 0 Å². The summed E-state index contributed by atoms with van der Waals surface area (Å²) >= 11 is 13.4. The largest absolute Gasteiger partial charge is 0.305 e. The molecule has 0 aliphatic heterocycles. The van der Waals surface area contributed by atoms with Gasteiger partial charge in [-0.1, -0.05) is 35.3 Å². The summed E-state index contributed by atoms with van der Waals surface area (Å²) in [4.78, 5) is 4.19. The summed E-state index contributed by atoms with van der Waals surface area (Å²) in [6, 6.07) is 12.8. The fraction of sp³-hybridized carbons (Fsp3) is 0.0667. The standard InChI is InChI=1S/C15H9Cl2N5S/c1-22-14(9-4-2-3-5-10(9)16)20-21-15(22)23-13-7-6-11(17)12(8-18)19-13/h2-7H,1H3. The lowest BCUT2D eigenvalue weighted by molar-refractivity contribution is 0.792. The third kappa shape index (κ3) is 3.17. The molecule has 3 rings (SSSR count). The molecule has 0 saturated carbocycles. The minimum Gasteiger partial charge on any atom is -0.305 e. The van der Waals surface area contributed by atoms with Gasteiger partial charge in [-0.2, -0.15) is 5.26 Å². The van der Waals surface area contributed by atoms with Crippen LogP contribution in [0.2, 0.25) is 10.0 Å². The summed E-state index contributed by atoms with van der Waals surface area (Å²) in [5.41, 5.74) is 0.989. The molecule has 3 aromatic rings. The van der Waals surface area contributed by atoms with Gasteiger partial charge in [0.15, 0.2) is 16.7 Å².